The number of carbonyl (C=O) groups excluding carboxylic acids is 1. The molecule has 0 saturated heterocycles. The molecule has 2 aromatic rings. The smallest absolute Gasteiger partial charge is 0.189 e. The lowest BCUT2D eigenvalue weighted by molar-refractivity contribution is 0.104. The number of benzene rings is 2. The van der Waals surface area contributed by atoms with Crippen molar-refractivity contribution in [2.45, 2.75) is 6.92 Å². The molecule has 2 aromatic carbocycles. The van der Waals surface area contributed by atoms with Crippen LogP contribution in [0.5, 0.6) is 11.5 Å². The van der Waals surface area contributed by atoms with Crippen LogP contribution in [-0.4, -0.2) is 43.0 Å². The summed E-state index contributed by atoms with van der Waals surface area (Å²) in [5.41, 5.74) is 1.91. The molecule has 0 bridgehead atoms. The summed E-state index contributed by atoms with van der Waals surface area (Å²) in [6.45, 7) is 3.12. The zero-order valence-electron chi connectivity index (χ0n) is 14.6. The van der Waals surface area contributed by atoms with Crippen molar-refractivity contribution in [3.63, 3.8) is 0 Å². The van der Waals surface area contributed by atoms with Crippen LogP contribution in [0.4, 0.5) is 4.39 Å². The fraction of sp³-hybridized carbons (Fsp3) is 0.250. The second-order valence-corrected chi connectivity index (χ2v) is 6.06. The van der Waals surface area contributed by atoms with Gasteiger partial charge in [-0.15, -0.1) is 0 Å². The molecular weight excluding hydrogens is 321 g/mol. The lowest BCUT2D eigenvalue weighted by Gasteiger charge is -2.13. The van der Waals surface area contributed by atoms with E-state index in [1.807, 2.05) is 32.0 Å². The zero-order valence-corrected chi connectivity index (χ0v) is 14.6. The highest BCUT2D eigenvalue weighted by Crippen LogP contribution is 2.22. The standard InChI is InChI=1S/C20H22FNO3/c1-14-4-9-20(25-11-10-22(2)3)16(12-14)18(23)7-5-15-6-8-19(24)17(21)13-15/h4-9,12-13,24H,10-11H2,1-3H3/b7-5+. The Labute approximate surface area is 147 Å². The van der Waals surface area contributed by atoms with E-state index in [4.69, 9.17) is 4.74 Å². The average molecular weight is 343 g/mol. The SMILES string of the molecule is Cc1ccc(OCCN(C)C)c(C(=O)/C=C/c2ccc(O)c(F)c2)c1. The highest BCUT2D eigenvalue weighted by Gasteiger charge is 2.11. The largest absolute Gasteiger partial charge is 0.505 e. The number of hydrogen-bond donors (Lipinski definition) is 1. The second kappa shape index (κ2) is 8.44. The molecule has 0 amide bonds. The van der Waals surface area contributed by atoms with Crippen molar-refractivity contribution < 1.29 is 19.0 Å². The van der Waals surface area contributed by atoms with Gasteiger partial charge in [0.25, 0.3) is 0 Å². The molecule has 1 N–H and O–H groups in total. The number of likely N-dealkylation sites (N-methyl/N-ethyl adjacent to an activating group) is 1. The molecule has 0 heterocycles. The van der Waals surface area contributed by atoms with Crippen LogP contribution < -0.4 is 4.74 Å². The van der Waals surface area contributed by atoms with E-state index >= 15 is 0 Å². The minimum Gasteiger partial charge on any atom is -0.505 e. The number of nitrogens with zero attached hydrogens (tertiary/aromatic N) is 1. The van der Waals surface area contributed by atoms with Crippen molar-refractivity contribution in [1.29, 1.82) is 0 Å². The van der Waals surface area contributed by atoms with E-state index in [1.165, 1.54) is 30.4 Å². The number of carbonyl (C=O) groups is 1. The third kappa shape index (κ3) is 5.43. The zero-order chi connectivity index (χ0) is 18.4. The molecule has 0 radical (unpaired) electrons. The molecule has 0 aliphatic heterocycles. The number of ketones is 1. The predicted molar refractivity (Wildman–Crippen MR) is 96.7 cm³/mol. The molecule has 0 unspecified atom stereocenters. The van der Waals surface area contributed by atoms with Crippen LogP contribution in [0.15, 0.2) is 42.5 Å². The van der Waals surface area contributed by atoms with Crippen LogP contribution in [0.25, 0.3) is 6.08 Å². The van der Waals surface area contributed by atoms with E-state index in [0.717, 1.165) is 12.1 Å². The number of phenols is 1. The van der Waals surface area contributed by atoms with Crippen LogP contribution >= 0.6 is 0 Å². The Bertz CT molecular complexity index is 785. The minimum atomic E-state index is -0.724. The van der Waals surface area contributed by atoms with Crippen LogP contribution in [0, 0.1) is 12.7 Å². The maximum absolute atomic E-state index is 13.4. The topological polar surface area (TPSA) is 49.8 Å². The first-order valence-corrected chi connectivity index (χ1v) is 7.96. The molecule has 0 atom stereocenters. The molecule has 0 aliphatic carbocycles. The molecule has 5 heteroatoms. The molecule has 0 saturated carbocycles. The molecule has 2 rings (SSSR count). The number of aromatic hydroxyl groups is 1. The quantitative estimate of drug-likeness (QED) is 0.615. The van der Waals surface area contributed by atoms with Crippen LogP contribution in [0.1, 0.15) is 21.5 Å². The average Bonchev–Trinajstić information content (AvgIpc) is 2.56. The van der Waals surface area contributed by atoms with Crippen LogP contribution in [0.3, 0.4) is 0 Å². The summed E-state index contributed by atoms with van der Waals surface area (Å²) in [6, 6.07) is 9.40. The summed E-state index contributed by atoms with van der Waals surface area (Å²) in [6.07, 6.45) is 2.89. The van der Waals surface area contributed by atoms with E-state index in [0.29, 0.717) is 23.5 Å². The first-order chi connectivity index (χ1) is 11.9. The normalized spacial score (nSPS) is 11.2. The summed E-state index contributed by atoms with van der Waals surface area (Å²) < 4.78 is 19.1. The van der Waals surface area contributed by atoms with E-state index in [-0.39, 0.29) is 5.78 Å². The third-order valence-corrected chi connectivity index (χ3v) is 3.60. The second-order valence-electron chi connectivity index (χ2n) is 6.06. The van der Waals surface area contributed by atoms with E-state index in [9.17, 15) is 14.3 Å². The Morgan fingerprint density at radius 3 is 2.68 bits per heavy atom. The Balaban J connectivity index is 2.18. The monoisotopic (exact) mass is 343 g/mol. The van der Waals surface area contributed by atoms with Crippen LogP contribution in [-0.2, 0) is 0 Å². The highest BCUT2D eigenvalue weighted by atomic mass is 19.1. The van der Waals surface area contributed by atoms with Crippen molar-refractivity contribution in [1.82, 2.24) is 4.90 Å². The Morgan fingerprint density at radius 1 is 1.24 bits per heavy atom. The van der Waals surface area contributed by atoms with Gasteiger partial charge >= 0.3 is 0 Å². The van der Waals surface area contributed by atoms with Crippen molar-refractivity contribution in [2.24, 2.45) is 0 Å². The molecule has 4 nitrogen and oxygen atoms in total. The van der Waals surface area contributed by atoms with Crippen molar-refractivity contribution in [2.75, 3.05) is 27.2 Å². The van der Waals surface area contributed by atoms with Gasteiger partial charge < -0.3 is 14.7 Å². The van der Waals surface area contributed by atoms with Gasteiger partial charge in [-0.25, -0.2) is 4.39 Å². The van der Waals surface area contributed by atoms with Gasteiger partial charge in [-0.1, -0.05) is 23.8 Å². The highest BCUT2D eigenvalue weighted by molar-refractivity contribution is 6.08. The van der Waals surface area contributed by atoms with Gasteiger partial charge in [0.15, 0.2) is 17.3 Å². The molecule has 25 heavy (non-hydrogen) atoms. The molecule has 0 aliphatic rings. The third-order valence-electron chi connectivity index (χ3n) is 3.60. The van der Waals surface area contributed by atoms with E-state index in [2.05, 4.69) is 0 Å². The molecule has 132 valence electrons. The molecular formula is C20H22FNO3. The summed E-state index contributed by atoms with van der Waals surface area (Å²) in [5.74, 6) is -0.840. The fourth-order valence-electron chi connectivity index (χ4n) is 2.19. The Hall–Kier alpha value is -2.66. The van der Waals surface area contributed by atoms with Gasteiger partial charge in [0, 0.05) is 6.54 Å². The van der Waals surface area contributed by atoms with Crippen molar-refractivity contribution in [3.05, 3.63) is 65.0 Å². The number of halogens is 1. The Morgan fingerprint density at radius 2 is 2.00 bits per heavy atom. The van der Waals surface area contributed by atoms with E-state index < -0.39 is 11.6 Å². The van der Waals surface area contributed by atoms with Gasteiger partial charge in [0.2, 0.25) is 0 Å². The lowest BCUT2D eigenvalue weighted by atomic mass is 10.1. The molecule has 0 fully saturated rings. The number of phenolic OH excluding ortho intramolecular Hbond substituents is 1. The number of aryl methyl sites for hydroxylation is 1. The lowest BCUT2D eigenvalue weighted by Crippen LogP contribution is -2.20. The number of ether oxygens (including phenoxy) is 1. The summed E-state index contributed by atoms with van der Waals surface area (Å²) in [4.78, 5) is 14.5. The predicted octanol–water partition coefficient (Wildman–Crippen LogP) is 3.68. The number of allylic oxidation sites excluding steroid dienone is 1. The first kappa shape index (κ1) is 18.7. The van der Waals surface area contributed by atoms with Gasteiger partial charge in [0.05, 0.1) is 5.56 Å². The first-order valence-electron chi connectivity index (χ1n) is 7.96. The summed E-state index contributed by atoms with van der Waals surface area (Å²) in [7, 11) is 3.90. The molecule has 0 aromatic heterocycles. The maximum atomic E-state index is 13.4. The summed E-state index contributed by atoms with van der Waals surface area (Å²) >= 11 is 0. The van der Waals surface area contributed by atoms with Gasteiger partial charge in [-0.05, 0) is 56.9 Å². The van der Waals surface area contributed by atoms with Crippen LogP contribution in [0.2, 0.25) is 0 Å². The van der Waals surface area contributed by atoms with Gasteiger partial charge in [0.1, 0.15) is 12.4 Å². The minimum absolute atomic E-state index is 0.225. The molecule has 0 spiro atoms. The Kier molecular flexibility index (Phi) is 6.31. The fourth-order valence-corrected chi connectivity index (χ4v) is 2.19. The van der Waals surface area contributed by atoms with Gasteiger partial charge in [-0.3, -0.25) is 4.79 Å². The van der Waals surface area contributed by atoms with Gasteiger partial charge in [-0.2, -0.15) is 0 Å². The van der Waals surface area contributed by atoms with E-state index in [1.54, 1.807) is 12.1 Å². The van der Waals surface area contributed by atoms with Crippen molar-refractivity contribution >= 4 is 11.9 Å². The van der Waals surface area contributed by atoms with Crippen molar-refractivity contribution in [3.8, 4) is 11.5 Å². The number of hydrogen-bond acceptors (Lipinski definition) is 4. The summed E-state index contributed by atoms with van der Waals surface area (Å²) in [5, 5.41) is 9.20. The number of rotatable bonds is 7. The maximum Gasteiger partial charge on any atom is 0.189 e.